The normalized spacial score (nSPS) is 10.7. The molecule has 3 rings (SSSR count). The molecular weight excluding hydrogens is 368 g/mol. The molecule has 0 bridgehead atoms. The first kappa shape index (κ1) is 18.7. The minimum absolute atomic E-state index is 0.0712. The molecule has 0 radical (unpaired) electrons. The van der Waals surface area contributed by atoms with Crippen LogP contribution in [0.15, 0.2) is 29.1 Å². The fourth-order valence-electron chi connectivity index (χ4n) is 2.49. The molecule has 1 aromatic carbocycles. The zero-order chi connectivity index (χ0) is 19.4. The molecule has 0 unspecified atom stereocenters. The molecule has 0 aliphatic rings. The Balaban J connectivity index is 1.65. The number of rotatable bonds is 6. The van der Waals surface area contributed by atoms with E-state index in [1.807, 2.05) is 12.1 Å². The van der Waals surface area contributed by atoms with Gasteiger partial charge in [0.05, 0.1) is 23.3 Å². The fourth-order valence-corrected chi connectivity index (χ4v) is 3.36. The van der Waals surface area contributed by atoms with Gasteiger partial charge in [-0.05, 0) is 26.0 Å². The quantitative estimate of drug-likeness (QED) is 0.629. The third-order valence-corrected chi connectivity index (χ3v) is 4.82. The number of amides is 1. The number of thiazole rings is 1. The highest BCUT2D eigenvalue weighted by atomic mass is 32.1. The lowest BCUT2D eigenvalue weighted by Gasteiger charge is -2.03. The van der Waals surface area contributed by atoms with Crippen molar-refractivity contribution in [2.75, 3.05) is 11.9 Å². The number of para-hydroxylation sites is 2. The van der Waals surface area contributed by atoms with Crippen molar-refractivity contribution in [1.82, 2.24) is 15.0 Å². The van der Waals surface area contributed by atoms with Gasteiger partial charge in [-0.25, -0.2) is 14.8 Å². The molecule has 140 valence electrons. The molecule has 2 heterocycles. The predicted octanol–water partition coefficient (Wildman–Crippen LogP) is 2.44. The van der Waals surface area contributed by atoms with Gasteiger partial charge >= 0.3 is 5.97 Å². The largest absolute Gasteiger partial charge is 0.462 e. The Morgan fingerprint density at radius 2 is 2.04 bits per heavy atom. The maximum atomic E-state index is 12.2. The van der Waals surface area contributed by atoms with Crippen molar-refractivity contribution >= 4 is 39.4 Å². The summed E-state index contributed by atoms with van der Waals surface area (Å²) in [6.45, 7) is 3.67. The molecule has 2 N–H and O–H groups in total. The summed E-state index contributed by atoms with van der Waals surface area (Å²) in [7, 11) is 0. The van der Waals surface area contributed by atoms with Crippen LogP contribution in [-0.4, -0.2) is 33.4 Å². The van der Waals surface area contributed by atoms with Gasteiger partial charge in [-0.15, -0.1) is 0 Å². The maximum absolute atomic E-state index is 12.2. The van der Waals surface area contributed by atoms with E-state index in [4.69, 9.17) is 4.74 Å². The van der Waals surface area contributed by atoms with E-state index < -0.39 is 5.97 Å². The SMILES string of the molecule is CCOC(=O)c1sc(NC(=O)CCc2nc3ccccc3[nH]c2=O)nc1C. The highest BCUT2D eigenvalue weighted by molar-refractivity contribution is 7.17. The molecule has 0 aliphatic carbocycles. The van der Waals surface area contributed by atoms with E-state index in [1.54, 1.807) is 26.0 Å². The van der Waals surface area contributed by atoms with Crippen LogP contribution in [0.2, 0.25) is 0 Å². The predicted molar refractivity (Wildman–Crippen MR) is 102 cm³/mol. The van der Waals surface area contributed by atoms with E-state index in [0.29, 0.717) is 32.4 Å². The van der Waals surface area contributed by atoms with E-state index in [0.717, 1.165) is 11.3 Å². The summed E-state index contributed by atoms with van der Waals surface area (Å²) in [6, 6.07) is 7.21. The molecule has 27 heavy (non-hydrogen) atoms. The lowest BCUT2D eigenvalue weighted by molar-refractivity contribution is -0.116. The summed E-state index contributed by atoms with van der Waals surface area (Å²) >= 11 is 1.06. The van der Waals surface area contributed by atoms with E-state index in [-0.39, 0.29) is 30.9 Å². The summed E-state index contributed by atoms with van der Waals surface area (Å²) in [4.78, 5) is 47.7. The van der Waals surface area contributed by atoms with Crippen molar-refractivity contribution in [3.8, 4) is 0 Å². The van der Waals surface area contributed by atoms with Crippen LogP contribution in [0, 0.1) is 6.92 Å². The summed E-state index contributed by atoms with van der Waals surface area (Å²) in [5.41, 5.74) is 1.81. The molecule has 0 aliphatic heterocycles. The Hall–Kier alpha value is -3.07. The Labute approximate surface area is 158 Å². The van der Waals surface area contributed by atoms with Crippen molar-refractivity contribution in [2.24, 2.45) is 0 Å². The number of benzene rings is 1. The molecule has 1 amide bonds. The van der Waals surface area contributed by atoms with Crippen LogP contribution in [0.1, 0.15) is 34.4 Å². The van der Waals surface area contributed by atoms with Crippen LogP contribution < -0.4 is 10.9 Å². The number of hydrogen-bond acceptors (Lipinski definition) is 7. The summed E-state index contributed by atoms with van der Waals surface area (Å²) < 4.78 is 4.95. The van der Waals surface area contributed by atoms with Gasteiger partial charge in [-0.3, -0.25) is 9.59 Å². The molecule has 2 aromatic heterocycles. The molecule has 0 saturated heterocycles. The van der Waals surface area contributed by atoms with Gasteiger partial charge in [0.25, 0.3) is 5.56 Å². The first-order valence-electron chi connectivity index (χ1n) is 8.40. The Morgan fingerprint density at radius 3 is 2.81 bits per heavy atom. The lowest BCUT2D eigenvalue weighted by Crippen LogP contribution is -2.18. The average molecular weight is 386 g/mol. The number of aromatic nitrogens is 3. The number of anilines is 1. The van der Waals surface area contributed by atoms with Crippen LogP contribution in [0.3, 0.4) is 0 Å². The van der Waals surface area contributed by atoms with Gasteiger partial charge in [0.2, 0.25) is 5.91 Å². The van der Waals surface area contributed by atoms with Crippen molar-refractivity contribution < 1.29 is 14.3 Å². The van der Waals surface area contributed by atoms with E-state index in [1.165, 1.54) is 0 Å². The van der Waals surface area contributed by atoms with Crippen molar-refractivity contribution in [3.63, 3.8) is 0 Å². The molecule has 3 aromatic rings. The van der Waals surface area contributed by atoms with E-state index in [9.17, 15) is 14.4 Å². The highest BCUT2D eigenvalue weighted by Gasteiger charge is 2.17. The fraction of sp³-hybridized carbons (Fsp3) is 0.278. The number of nitrogens with one attached hydrogen (secondary N) is 2. The number of fused-ring (bicyclic) bond motifs is 1. The van der Waals surface area contributed by atoms with E-state index >= 15 is 0 Å². The van der Waals surface area contributed by atoms with Crippen molar-refractivity contribution in [3.05, 3.63) is 50.9 Å². The third-order valence-electron chi connectivity index (χ3n) is 3.76. The minimum Gasteiger partial charge on any atom is -0.462 e. The summed E-state index contributed by atoms with van der Waals surface area (Å²) in [5, 5.41) is 2.97. The van der Waals surface area contributed by atoms with Crippen LogP contribution in [-0.2, 0) is 16.0 Å². The highest BCUT2D eigenvalue weighted by Crippen LogP contribution is 2.23. The summed E-state index contributed by atoms with van der Waals surface area (Å²) in [6.07, 6.45) is 0.267. The second-order valence-electron chi connectivity index (χ2n) is 5.73. The first-order valence-corrected chi connectivity index (χ1v) is 9.22. The number of carbonyl (C=O) groups excluding carboxylic acids is 2. The van der Waals surface area contributed by atoms with Crippen LogP contribution in [0.5, 0.6) is 0 Å². The van der Waals surface area contributed by atoms with Crippen molar-refractivity contribution in [2.45, 2.75) is 26.7 Å². The standard InChI is InChI=1S/C18H18N4O4S/c1-3-26-17(25)15-10(2)19-18(27-15)22-14(23)9-8-13-16(24)21-12-7-5-4-6-11(12)20-13/h4-7H,3,8-9H2,1-2H3,(H,21,24)(H,19,22,23). The number of carbonyl (C=O) groups is 2. The number of H-pyrrole nitrogens is 1. The third kappa shape index (κ3) is 4.37. The van der Waals surface area contributed by atoms with Gasteiger partial charge < -0.3 is 15.0 Å². The van der Waals surface area contributed by atoms with Gasteiger partial charge in [0.15, 0.2) is 5.13 Å². The number of aryl methyl sites for hydroxylation is 2. The second-order valence-corrected chi connectivity index (χ2v) is 6.73. The number of esters is 1. The molecule has 8 nitrogen and oxygen atoms in total. The molecule has 9 heteroatoms. The van der Waals surface area contributed by atoms with Crippen LogP contribution in [0.25, 0.3) is 11.0 Å². The topological polar surface area (TPSA) is 114 Å². The van der Waals surface area contributed by atoms with Gasteiger partial charge in [-0.1, -0.05) is 23.5 Å². The Bertz CT molecular complexity index is 1060. The van der Waals surface area contributed by atoms with Gasteiger partial charge in [-0.2, -0.15) is 0 Å². The minimum atomic E-state index is -0.458. The Kier molecular flexibility index (Phi) is 5.60. The zero-order valence-electron chi connectivity index (χ0n) is 14.9. The molecule has 0 fully saturated rings. The number of hydrogen-bond donors (Lipinski definition) is 2. The number of ether oxygens (including phenoxy) is 1. The van der Waals surface area contributed by atoms with Crippen molar-refractivity contribution in [1.29, 1.82) is 0 Å². The number of nitrogens with zero attached hydrogens (tertiary/aromatic N) is 2. The van der Waals surface area contributed by atoms with Crippen LogP contribution >= 0.6 is 11.3 Å². The first-order chi connectivity index (χ1) is 13.0. The zero-order valence-corrected chi connectivity index (χ0v) is 15.7. The Morgan fingerprint density at radius 1 is 1.26 bits per heavy atom. The number of aromatic amines is 1. The average Bonchev–Trinajstić information content (AvgIpc) is 3.00. The van der Waals surface area contributed by atoms with Gasteiger partial charge in [0, 0.05) is 12.8 Å². The summed E-state index contributed by atoms with van der Waals surface area (Å²) in [5.74, 6) is -0.770. The van der Waals surface area contributed by atoms with Crippen LogP contribution in [0.4, 0.5) is 5.13 Å². The molecule has 0 saturated carbocycles. The monoisotopic (exact) mass is 386 g/mol. The van der Waals surface area contributed by atoms with Gasteiger partial charge in [0.1, 0.15) is 10.6 Å². The molecule has 0 atom stereocenters. The maximum Gasteiger partial charge on any atom is 0.350 e. The molecule has 0 spiro atoms. The lowest BCUT2D eigenvalue weighted by atomic mass is 10.2. The second kappa shape index (κ2) is 8.09. The molecular formula is C18H18N4O4S. The smallest absolute Gasteiger partial charge is 0.350 e. The van der Waals surface area contributed by atoms with E-state index in [2.05, 4.69) is 20.3 Å².